The molecule has 0 amide bonds. The van der Waals surface area contributed by atoms with Gasteiger partial charge in [-0.25, -0.2) is 0 Å². The van der Waals surface area contributed by atoms with Gasteiger partial charge in [0.15, 0.2) is 0 Å². The van der Waals surface area contributed by atoms with Crippen LogP contribution in [0.5, 0.6) is 0 Å². The summed E-state index contributed by atoms with van der Waals surface area (Å²) in [6.07, 6.45) is 3.71. The fourth-order valence-electron chi connectivity index (χ4n) is 2.85. The average molecular weight is 461 g/mol. The van der Waals surface area contributed by atoms with E-state index < -0.39 is 0 Å². The number of aromatic nitrogens is 3. The Bertz CT molecular complexity index is 1140. The van der Waals surface area contributed by atoms with Crippen LogP contribution < -0.4 is 5.43 Å². The second kappa shape index (κ2) is 8.94. The molecule has 6 heteroatoms. The molecule has 0 unspecified atom stereocenters. The van der Waals surface area contributed by atoms with Crippen molar-refractivity contribution >= 4 is 38.6 Å². The van der Waals surface area contributed by atoms with Crippen molar-refractivity contribution in [3.8, 4) is 11.3 Å². The normalized spacial score (nSPS) is 11.3. The third-order valence-electron chi connectivity index (χ3n) is 4.34. The molecule has 0 saturated heterocycles. The number of nitrogens with zero attached hydrogens (tertiary/aromatic N) is 3. The van der Waals surface area contributed by atoms with Crippen molar-refractivity contribution in [2.75, 3.05) is 5.43 Å². The molecule has 0 aliphatic rings. The van der Waals surface area contributed by atoms with Crippen LogP contribution in [0.4, 0.5) is 0 Å². The minimum atomic E-state index is 0.762. The van der Waals surface area contributed by atoms with Gasteiger partial charge in [-0.3, -0.25) is 5.43 Å². The Labute approximate surface area is 183 Å². The summed E-state index contributed by atoms with van der Waals surface area (Å²) in [5.74, 6) is 0. The third kappa shape index (κ3) is 4.67. The second-order valence-corrected chi connectivity index (χ2v) is 7.63. The first-order valence-electron chi connectivity index (χ1n) is 9.01. The van der Waals surface area contributed by atoms with E-state index in [0.717, 1.165) is 37.3 Å². The van der Waals surface area contributed by atoms with Gasteiger partial charge in [-0.05, 0) is 28.5 Å². The lowest BCUT2D eigenvalue weighted by Crippen LogP contribution is -2.12. The molecule has 29 heavy (non-hydrogen) atoms. The predicted molar refractivity (Wildman–Crippen MR) is 125 cm³/mol. The van der Waals surface area contributed by atoms with Gasteiger partial charge in [-0.2, -0.15) is 4.79 Å². The molecule has 1 N–H and O–H groups in total. The zero-order chi connectivity index (χ0) is 20.1. The summed E-state index contributed by atoms with van der Waals surface area (Å²) in [6, 6.07) is 28.0. The van der Waals surface area contributed by atoms with E-state index in [1.807, 2.05) is 97.3 Å². The monoisotopic (exact) mass is 460 g/mol. The molecular weight excluding hydrogens is 444 g/mol. The highest BCUT2D eigenvalue weighted by molar-refractivity contribution is 9.10. The Morgan fingerprint density at radius 3 is 2.14 bits per heavy atom. The highest BCUT2D eigenvalue weighted by Crippen LogP contribution is 2.21. The number of rotatable bonds is 6. The molecule has 142 valence electrons. The van der Waals surface area contributed by atoms with Crippen LogP contribution in [0.2, 0.25) is 0 Å². The zero-order valence-corrected chi connectivity index (χ0v) is 17.8. The summed E-state index contributed by atoms with van der Waals surface area (Å²) >= 11 is 9.22. The number of nitrogens with one attached hydrogen (secondary N) is 1. The summed E-state index contributed by atoms with van der Waals surface area (Å²) in [7, 11) is 0. The van der Waals surface area contributed by atoms with E-state index in [4.69, 9.17) is 12.2 Å². The molecule has 0 spiro atoms. The van der Waals surface area contributed by atoms with Crippen molar-refractivity contribution in [1.29, 1.82) is 0 Å². The van der Waals surface area contributed by atoms with E-state index in [0.29, 0.717) is 0 Å². The zero-order valence-electron chi connectivity index (χ0n) is 15.4. The Balaban J connectivity index is 1.62. The average Bonchev–Trinajstić information content (AvgIpc) is 3.24. The van der Waals surface area contributed by atoms with Gasteiger partial charge in [0, 0.05) is 21.8 Å². The number of allylic oxidation sites excluding steroid dienone is 1. The maximum Gasteiger partial charge on any atom is 0.115 e. The van der Waals surface area contributed by atoms with E-state index in [-0.39, 0.29) is 0 Å². The topological polar surface area (TPSA) is 42.7 Å². The minimum absolute atomic E-state index is 0.762. The SMILES string of the molecule is S=C(C(=CNn1cc(-c2ccc(Br)cc2)nn1)c1ccccc1)c1ccccc1. The fourth-order valence-corrected chi connectivity index (χ4v) is 3.43. The van der Waals surface area contributed by atoms with Gasteiger partial charge in [0.1, 0.15) is 5.69 Å². The Kier molecular flexibility index (Phi) is 5.93. The van der Waals surface area contributed by atoms with E-state index >= 15 is 0 Å². The van der Waals surface area contributed by atoms with Crippen molar-refractivity contribution in [3.05, 3.63) is 113 Å². The summed E-state index contributed by atoms with van der Waals surface area (Å²) < 4.78 is 1.02. The molecule has 0 bridgehead atoms. The summed E-state index contributed by atoms with van der Waals surface area (Å²) in [5.41, 5.74) is 7.89. The van der Waals surface area contributed by atoms with Crippen molar-refractivity contribution in [3.63, 3.8) is 0 Å². The van der Waals surface area contributed by atoms with Gasteiger partial charge >= 0.3 is 0 Å². The maximum absolute atomic E-state index is 5.78. The first kappa shape index (κ1) is 19.2. The van der Waals surface area contributed by atoms with E-state index in [9.17, 15) is 0 Å². The highest BCUT2D eigenvalue weighted by Gasteiger charge is 2.10. The van der Waals surface area contributed by atoms with Gasteiger partial charge in [-0.1, -0.05) is 101 Å². The number of halogens is 1. The second-order valence-electron chi connectivity index (χ2n) is 6.30. The lowest BCUT2D eigenvalue weighted by atomic mass is 9.99. The van der Waals surface area contributed by atoms with Crippen LogP contribution in [0.25, 0.3) is 16.8 Å². The third-order valence-corrected chi connectivity index (χ3v) is 5.32. The first-order valence-corrected chi connectivity index (χ1v) is 10.2. The number of hydrogen-bond acceptors (Lipinski definition) is 4. The van der Waals surface area contributed by atoms with Crippen LogP contribution >= 0.6 is 28.1 Å². The van der Waals surface area contributed by atoms with Crippen LogP contribution in [-0.2, 0) is 0 Å². The largest absolute Gasteiger partial charge is 0.284 e. The van der Waals surface area contributed by atoms with Gasteiger partial charge in [0.25, 0.3) is 0 Å². The molecule has 4 rings (SSSR count). The van der Waals surface area contributed by atoms with Crippen molar-refractivity contribution in [1.82, 2.24) is 15.1 Å². The lowest BCUT2D eigenvalue weighted by Gasteiger charge is -2.11. The van der Waals surface area contributed by atoms with E-state index in [1.165, 1.54) is 0 Å². The van der Waals surface area contributed by atoms with Crippen LogP contribution in [-0.4, -0.2) is 20.0 Å². The predicted octanol–water partition coefficient (Wildman–Crippen LogP) is 5.71. The molecule has 0 aliphatic heterocycles. The molecule has 0 saturated carbocycles. The standard InChI is InChI=1S/C23H17BrN4S/c24-20-13-11-18(12-14-20)22-16-28(27-26-22)25-15-21(17-7-3-1-4-8-17)23(29)19-9-5-2-6-10-19/h1-16,25H. The summed E-state index contributed by atoms with van der Waals surface area (Å²) in [6.45, 7) is 0. The molecule has 0 atom stereocenters. The van der Waals surface area contributed by atoms with Gasteiger partial charge in [0.05, 0.1) is 11.1 Å². The number of thiocarbonyl (C=S) groups is 1. The molecule has 3 aromatic carbocycles. The Hall–Kier alpha value is -3.09. The van der Waals surface area contributed by atoms with Gasteiger partial charge < -0.3 is 0 Å². The maximum atomic E-state index is 5.78. The summed E-state index contributed by atoms with van der Waals surface area (Å²) in [5, 5.41) is 8.41. The first-order chi connectivity index (χ1) is 14.2. The quantitative estimate of drug-likeness (QED) is 0.227. The van der Waals surface area contributed by atoms with Gasteiger partial charge in [-0.15, -0.1) is 5.10 Å². The number of hydrogen-bond donors (Lipinski definition) is 1. The summed E-state index contributed by atoms with van der Waals surface area (Å²) in [4.78, 5) is 2.34. The Morgan fingerprint density at radius 1 is 0.862 bits per heavy atom. The van der Waals surface area contributed by atoms with Crippen LogP contribution in [0.3, 0.4) is 0 Å². The van der Waals surface area contributed by atoms with Crippen LogP contribution in [0.15, 0.2) is 102 Å². The molecule has 4 aromatic rings. The fraction of sp³-hybridized carbons (Fsp3) is 0. The van der Waals surface area contributed by atoms with Crippen LogP contribution in [0, 0.1) is 0 Å². The van der Waals surface area contributed by atoms with E-state index in [1.54, 1.807) is 4.79 Å². The molecule has 0 aliphatic carbocycles. The molecule has 1 heterocycles. The van der Waals surface area contributed by atoms with Crippen molar-refractivity contribution in [2.45, 2.75) is 0 Å². The molecular formula is C23H17BrN4S. The van der Waals surface area contributed by atoms with E-state index in [2.05, 4.69) is 31.7 Å². The smallest absolute Gasteiger partial charge is 0.115 e. The minimum Gasteiger partial charge on any atom is -0.284 e. The molecule has 0 radical (unpaired) electrons. The van der Waals surface area contributed by atoms with Crippen LogP contribution in [0.1, 0.15) is 11.1 Å². The Morgan fingerprint density at radius 2 is 1.48 bits per heavy atom. The molecule has 1 aromatic heterocycles. The lowest BCUT2D eigenvalue weighted by molar-refractivity contribution is 0.742. The van der Waals surface area contributed by atoms with Gasteiger partial charge in [0.2, 0.25) is 0 Å². The number of benzene rings is 3. The highest BCUT2D eigenvalue weighted by atomic mass is 79.9. The van der Waals surface area contributed by atoms with Crippen molar-refractivity contribution < 1.29 is 0 Å². The van der Waals surface area contributed by atoms with Crippen molar-refractivity contribution in [2.24, 2.45) is 0 Å². The molecule has 4 nitrogen and oxygen atoms in total. The molecule has 0 fully saturated rings.